The molecule has 0 aliphatic carbocycles. The zero-order valence-corrected chi connectivity index (χ0v) is 24.4. The van der Waals surface area contributed by atoms with E-state index in [2.05, 4.69) is 21.2 Å². The minimum absolute atomic E-state index is 0.0522. The van der Waals surface area contributed by atoms with E-state index in [1.54, 1.807) is 42.5 Å². The van der Waals surface area contributed by atoms with Crippen molar-refractivity contribution in [1.29, 1.82) is 0 Å². The third-order valence-corrected chi connectivity index (χ3v) is 6.70. The van der Waals surface area contributed by atoms with Crippen LogP contribution in [0, 0.1) is 0 Å². The molecule has 1 aliphatic heterocycles. The first-order valence-corrected chi connectivity index (χ1v) is 13.9. The van der Waals surface area contributed by atoms with Gasteiger partial charge in [-0.2, -0.15) is 0 Å². The van der Waals surface area contributed by atoms with Gasteiger partial charge in [-0.3, -0.25) is 19.8 Å². The maximum atomic E-state index is 13.3. The first kappa shape index (κ1) is 29.2. The summed E-state index contributed by atoms with van der Waals surface area (Å²) >= 11 is 9.52. The molecule has 3 aromatic carbocycles. The SMILES string of the molecule is CCCOc1ccc(CN2C(=O)NC(=O)/C(=C\c3ccc(OCc4cccc(Cl)c4)c(Br)c3)C2=O)cc1OCC. The van der Waals surface area contributed by atoms with E-state index >= 15 is 0 Å². The van der Waals surface area contributed by atoms with Crippen LogP contribution in [0.25, 0.3) is 6.08 Å². The van der Waals surface area contributed by atoms with Crippen LogP contribution in [0.4, 0.5) is 4.79 Å². The summed E-state index contributed by atoms with van der Waals surface area (Å²) in [5.41, 5.74) is 1.97. The lowest BCUT2D eigenvalue weighted by molar-refractivity contribution is -0.130. The molecule has 0 saturated carbocycles. The Morgan fingerprint density at radius 3 is 2.42 bits per heavy atom. The first-order valence-electron chi connectivity index (χ1n) is 12.7. The maximum absolute atomic E-state index is 13.3. The molecule has 0 aromatic heterocycles. The molecule has 8 nitrogen and oxygen atoms in total. The van der Waals surface area contributed by atoms with E-state index in [1.165, 1.54) is 6.08 Å². The van der Waals surface area contributed by atoms with Crippen molar-refractivity contribution in [3.8, 4) is 17.2 Å². The Bertz CT molecular complexity index is 1460. The predicted molar refractivity (Wildman–Crippen MR) is 155 cm³/mol. The number of hydrogen-bond donors (Lipinski definition) is 1. The fraction of sp³-hybridized carbons (Fsp3) is 0.233. The molecule has 208 valence electrons. The molecule has 1 fully saturated rings. The number of nitrogens with one attached hydrogen (secondary N) is 1. The Morgan fingerprint density at radius 2 is 1.70 bits per heavy atom. The molecular formula is C30H28BrClN2O6. The first-order chi connectivity index (χ1) is 19.3. The molecule has 10 heteroatoms. The summed E-state index contributed by atoms with van der Waals surface area (Å²) in [5.74, 6) is 0.225. The van der Waals surface area contributed by atoms with Gasteiger partial charge in [0.05, 0.1) is 24.2 Å². The van der Waals surface area contributed by atoms with Crippen LogP contribution in [-0.4, -0.2) is 36.0 Å². The predicted octanol–water partition coefficient (Wildman–Crippen LogP) is 6.53. The summed E-state index contributed by atoms with van der Waals surface area (Å²) in [5, 5.41) is 2.88. The van der Waals surface area contributed by atoms with Crippen LogP contribution in [0.5, 0.6) is 17.2 Å². The van der Waals surface area contributed by atoms with E-state index in [1.807, 2.05) is 32.0 Å². The number of urea groups is 1. The third kappa shape index (κ3) is 7.22. The summed E-state index contributed by atoms with van der Waals surface area (Å²) in [6.45, 7) is 5.09. The molecule has 1 heterocycles. The van der Waals surface area contributed by atoms with Crippen molar-refractivity contribution in [1.82, 2.24) is 10.2 Å². The van der Waals surface area contributed by atoms with Crippen molar-refractivity contribution in [3.63, 3.8) is 0 Å². The zero-order valence-electron chi connectivity index (χ0n) is 22.0. The molecule has 0 atom stereocenters. The van der Waals surface area contributed by atoms with E-state index in [0.29, 0.717) is 57.7 Å². The lowest BCUT2D eigenvalue weighted by atomic mass is 10.1. The number of carbonyl (C=O) groups excluding carboxylic acids is 3. The lowest BCUT2D eigenvalue weighted by Gasteiger charge is -2.26. The molecule has 0 spiro atoms. The van der Waals surface area contributed by atoms with Gasteiger partial charge in [0.2, 0.25) is 0 Å². The minimum Gasteiger partial charge on any atom is -0.490 e. The Morgan fingerprint density at radius 1 is 0.900 bits per heavy atom. The molecule has 1 N–H and O–H groups in total. The number of rotatable bonds is 11. The second-order valence-electron chi connectivity index (χ2n) is 8.88. The van der Waals surface area contributed by atoms with Gasteiger partial charge in [0.15, 0.2) is 11.5 Å². The van der Waals surface area contributed by atoms with Gasteiger partial charge in [0.25, 0.3) is 11.8 Å². The van der Waals surface area contributed by atoms with Crippen LogP contribution in [-0.2, 0) is 22.7 Å². The number of amides is 4. The Balaban J connectivity index is 1.51. The lowest BCUT2D eigenvalue weighted by Crippen LogP contribution is -2.53. The third-order valence-electron chi connectivity index (χ3n) is 5.85. The monoisotopic (exact) mass is 626 g/mol. The molecule has 3 aromatic rings. The Labute approximate surface area is 246 Å². The van der Waals surface area contributed by atoms with Crippen LogP contribution in [0.15, 0.2) is 70.7 Å². The number of barbiturate groups is 1. The molecule has 0 unspecified atom stereocenters. The highest BCUT2D eigenvalue weighted by atomic mass is 79.9. The summed E-state index contributed by atoms with van der Waals surface area (Å²) in [6.07, 6.45) is 2.28. The normalized spacial score (nSPS) is 14.3. The highest BCUT2D eigenvalue weighted by Gasteiger charge is 2.35. The van der Waals surface area contributed by atoms with Crippen molar-refractivity contribution >= 4 is 51.5 Å². The number of carbonyl (C=O) groups is 3. The van der Waals surface area contributed by atoms with E-state index in [9.17, 15) is 14.4 Å². The van der Waals surface area contributed by atoms with Gasteiger partial charge in [-0.05, 0) is 88.4 Å². The second kappa shape index (κ2) is 13.5. The average molecular weight is 628 g/mol. The molecule has 1 aliphatic rings. The molecule has 0 bridgehead atoms. The Kier molecular flexibility index (Phi) is 9.84. The van der Waals surface area contributed by atoms with Gasteiger partial charge in [-0.25, -0.2) is 4.79 Å². The summed E-state index contributed by atoms with van der Waals surface area (Å²) in [6, 6.07) is 17.0. The number of benzene rings is 3. The van der Waals surface area contributed by atoms with Gasteiger partial charge >= 0.3 is 6.03 Å². The number of hydrogen-bond acceptors (Lipinski definition) is 6. The standard InChI is InChI=1S/C30H28BrClN2O6/c1-3-12-39-26-11-9-20(16-27(26)38-4-2)17-34-29(36)23(28(35)33-30(34)37)14-19-8-10-25(24(31)15-19)40-18-21-6-5-7-22(32)13-21/h5-11,13-16H,3-4,12,17-18H2,1-2H3,(H,33,35,37)/b23-14+. The van der Waals surface area contributed by atoms with Crippen molar-refractivity contribution in [2.75, 3.05) is 13.2 Å². The molecule has 4 amide bonds. The van der Waals surface area contributed by atoms with Gasteiger partial charge in [-0.15, -0.1) is 0 Å². The minimum atomic E-state index is -0.789. The number of ether oxygens (including phenoxy) is 3. The summed E-state index contributed by atoms with van der Waals surface area (Å²) < 4.78 is 17.9. The molecule has 40 heavy (non-hydrogen) atoms. The molecule has 1 saturated heterocycles. The maximum Gasteiger partial charge on any atom is 0.331 e. The second-order valence-corrected chi connectivity index (χ2v) is 10.2. The largest absolute Gasteiger partial charge is 0.490 e. The van der Waals surface area contributed by atoms with E-state index < -0.39 is 17.8 Å². The van der Waals surface area contributed by atoms with E-state index in [0.717, 1.165) is 16.9 Å². The van der Waals surface area contributed by atoms with Crippen LogP contribution < -0.4 is 19.5 Å². The average Bonchev–Trinajstić information content (AvgIpc) is 2.92. The quantitative estimate of drug-likeness (QED) is 0.192. The highest BCUT2D eigenvalue weighted by Crippen LogP contribution is 2.31. The highest BCUT2D eigenvalue weighted by molar-refractivity contribution is 9.10. The fourth-order valence-electron chi connectivity index (χ4n) is 3.95. The molecular weight excluding hydrogens is 600 g/mol. The molecule has 4 rings (SSSR count). The van der Waals surface area contributed by atoms with Crippen molar-refractivity contribution in [2.45, 2.75) is 33.4 Å². The van der Waals surface area contributed by atoms with Crippen LogP contribution in [0.3, 0.4) is 0 Å². The van der Waals surface area contributed by atoms with Gasteiger partial charge in [-0.1, -0.05) is 42.8 Å². The van der Waals surface area contributed by atoms with Gasteiger partial charge < -0.3 is 14.2 Å². The number of nitrogens with zero attached hydrogens (tertiary/aromatic N) is 1. The number of halogens is 2. The van der Waals surface area contributed by atoms with Crippen molar-refractivity contribution < 1.29 is 28.6 Å². The van der Waals surface area contributed by atoms with Gasteiger partial charge in [0, 0.05) is 5.02 Å². The number of imide groups is 2. The van der Waals surface area contributed by atoms with Crippen LogP contribution in [0.2, 0.25) is 5.02 Å². The Hall–Kier alpha value is -3.82. The topological polar surface area (TPSA) is 94.2 Å². The van der Waals surface area contributed by atoms with Gasteiger partial charge in [0.1, 0.15) is 17.9 Å². The summed E-state index contributed by atoms with van der Waals surface area (Å²) in [4.78, 5) is 39.5. The van der Waals surface area contributed by atoms with E-state index in [4.69, 9.17) is 25.8 Å². The smallest absolute Gasteiger partial charge is 0.331 e. The van der Waals surface area contributed by atoms with E-state index in [-0.39, 0.29) is 12.1 Å². The fourth-order valence-corrected chi connectivity index (χ4v) is 4.67. The van der Waals surface area contributed by atoms with Crippen LogP contribution in [0.1, 0.15) is 37.0 Å². The van der Waals surface area contributed by atoms with Crippen LogP contribution >= 0.6 is 27.5 Å². The van der Waals surface area contributed by atoms with Crippen molar-refractivity contribution in [2.24, 2.45) is 0 Å². The zero-order chi connectivity index (χ0) is 28.6. The molecule has 0 radical (unpaired) electrons. The summed E-state index contributed by atoms with van der Waals surface area (Å²) in [7, 11) is 0. The van der Waals surface area contributed by atoms with Crippen molar-refractivity contribution in [3.05, 3.63) is 92.4 Å².